The molecule has 0 saturated carbocycles. The Morgan fingerprint density at radius 1 is 1.31 bits per heavy atom. The number of thiazole rings is 1. The van der Waals surface area contributed by atoms with E-state index in [1.54, 1.807) is 11.3 Å². The molecule has 1 aromatic heterocycles. The van der Waals surface area contributed by atoms with Crippen LogP contribution in [-0.4, -0.2) is 4.98 Å². The van der Waals surface area contributed by atoms with Crippen molar-refractivity contribution in [1.82, 2.24) is 4.98 Å². The van der Waals surface area contributed by atoms with Gasteiger partial charge in [-0.15, -0.1) is 11.3 Å². The van der Waals surface area contributed by atoms with Crippen LogP contribution in [0.4, 0.5) is 0 Å². The summed E-state index contributed by atoms with van der Waals surface area (Å²) in [4.78, 5) is 4.12. The van der Waals surface area contributed by atoms with Gasteiger partial charge in [0.2, 0.25) is 0 Å². The lowest BCUT2D eigenvalue weighted by atomic mass is 10.2. The lowest BCUT2D eigenvalue weighted by Gasteiger charge is -1.94. The molecule has 0 saturated heterocycles. The molecule has 0 bridgehead atoms. The maximum atomic E-state index is 5.77. The fraction of sp³-hybridized carbons (Fsp3) is 0. The van der Waals surface area contributed by atoms with Crippen molar-refractivity contribution in [2.45, 2.75) is 0 Å². The molecule has 0 N–H and O–H groups in total. The first-order valence-corrected chi connectivity index (χ1v) is 5.54. The number of hydrogen-bond acceptors (Lipinski definition) is 2. The van der Waals surface area contributed by atoms with E-state index in [9.17, 15) is 0 Å². The van der Waals surface area contributed by atoms with E-state index in [2.05, 4.69) is 27.1 Å². The van der Waals surface area contributed by atoms with Crippen LogP contribution in [0.15, 0.2) is 28.1 Å². The molecule has 1 nitrogen and oxygen atoms in total. The van der Waals surface area contributed by atoms with Gasteiger partial charge >= 0.3 is 0 Å². The molecule has 0 spiro atoms. The molecule has 0 amide bonds. The third-order valence-corrected chi connectivity index (χ3v) is 3.23. The maximum absolute atomic E-state index is 5.77. The standard InChI is InChI=1S/C9H4BrClNS/c10-8-5-12-9(13-8)6-1-3-7(11)4-2-6/h1-4H. The van der Waals surface area contributed by atoms with Gasteiger partial charge in [0.15, 0.2) is 0 Å². The summed E-state index contributed by atoms with van der Waals surface area (Å²) in [5.74, 6) is 0. The Morgan fingerprint density at radius 2 is 2.00 bits per heavy atom. The molecule has 2 rings (SSSR count). The van der Waals surface area contributed by atoms with Gasteiger partial charge < -0.3 is 0 Å². The number of hydrogen-bond donors (Lipinski definition) is 0. The Hall–Kier alpha value is -0.380. The molecule has 0 aliphatic rings. The van der Waals surface area contributed by atoms with Gasteiger partial charge in [-0.25, -0.2) is 4.98 Å². The Bertz CT molecular complexity index is 410. The Morgan fingerprint density at radius 3 is 2.54 bits per heavy atom. The molecule has 65 valence electrons. The van der Waals surface area contributed by atoms with Crippen molar-refractivity contribution in [3.63, 3.8) is 0 Å². The lowest BCUT2D eigenvalue weighted by Crippen LogP contribution is -1.73. The topological polar surface area (TPSA) is 12.9 Å². The van der Waals surface area contributed by atoms with Gasteiger partial charge in [0.1, 0.15) is 11.2 Å². The highest BCUT2D eigenvalue weighted by molar-refractivity contribution is 9.11. The van der Waals surface area contributed by atoms with E-state index in [4.69, 9.17) is 11.6 Å². The van der Waals surface area contributed by atoms with Crippen LogP contribution in [0, 0.1) is 6.20 Å². The fourth-order valence-electron chi connectivity index (χ4n) is 0.941. The van der Waals surface area contributed by atoms with Gasteiger partial charge in [-0.05, 0) is 28.1 Å². The average Bonchev–Trinajstić information content (AvgIpc) is 2.53. The maximum Gasteiger partial charge on any atom is 0.125 e. The van der Waals surface area contributed by atoms with Crippen molar-refractivity contribution in [3.8, 4) is 10.6 Å². The second kappa shape index (κ2) is 3.78. The highest BCUT2D eigenvalue weighted by atomic mass is 79.9. The molecule has 0 atom stereocenters. The second-order valence-electron chi connectivity index (χ2n) is 2.41. The molecular weight excluding hydrogens is 270 g/mol. The molecule has 0 fully saturated rings. The Kier molecular flexibility index (Phi) is 2.67. The number of halogens is 2. The minimum atomic E-state index is 0.739. The first-order chi connectivity index (χ1) is 6.25. The minimum Gasteiger partial charge on any atom is -0.233 e. The molecule has 1 aromatic carbocycles. The van der Waals surface area contributed by atoms with Crippen molar-refractivity contribution in [2.75, 3.05) is 0 Å². The number of nitrogens with zero attached hydrogens (tertiary/aromatic N) is 1. The molecule has 2 aromatic rings. The zero-order valence-electron chi connectivity index (χ0n) is 6.42. The highest BCUT2D eigenvalue weighted by Gasteiger charge is 2.02. The van der Waals surface area contributed by atoms with Gasteiger partial charge in [0, 0.05) is 10.6 Å². The predicted octanol–water partition coefficient (Wildman–Crippen LogP) is 4.03. The summed E-state index contributed by atoms with van der Waals surface area (Å²) in [7, 11) is 0. The van der Waals surface area contributed by atoms with Crippen LogP contribution in [0.1, 0.15) is 0 Å². The highest BCUT2D eigenvalue weighted by Crippen LogP contribution is 2.28. The molecule has 1 radical (unpaired) electrons. The van der Waals surface area contributed by atoms with Crippen LogP contribution in [0.3, 0.4) is 0 Å². The monoisotopic (exact) mass is 272 g/mol. The van der Waals surface area contributed by atoms with Crippen LogP contribution in [0.2, 0.25) is 5.02 Å². The number of rotatable bonds is 1. The van der Waals surface area contributed by atoms with Gasteiger partial charge in [-0.3, -0.25) is 0 Å². The lowest BCUT2D eigenvalue weighted by molar-refractivity contribution is 1.39. The molecule has 0 unspecified atom stereocenters. The van der Waals surface area contributed by atoms with Gasteiger partial charge in [-0.1, -0.05) is 23.7 Å². The summed E-state index contributed by atoms with van der Waals surface area (Å²) in [6.07, 6.45) is 2.83. The molecule has 1 heterocycles. The smallest absolute Gasteiger partial charge is 0.125 e. The number of benzene rings is 1. The average molecular weight is 274 g/mol. The van der Waals surface area contributed by atoms with Gasteiger partial charge in [-0.2, -0.15) is 0 Å². The first-order valence-electron chi connectivity index (χ1n) is 3.55. The SMILES string of the molecule is Clc1ccc(-c2n[c]c(Br)s2)cc1. The van der Waals surface area contributed by atoms with E-state index in [0.29, 0.717) is 0 Å². The molecule has 4 heteroatoms. The van der Waals surface area contributed by atoms with Crippen LogP contribution in [0.25, 0.3) is 10.6 Å². The number of aromatic nitrogens is 1. The van der Waals surface area contributed by atoms with Crippen LogP contribution in [0.5, 0.6) is 0 Å². The normalized spacial score (nSPS) is 10.3. The summed E-state index contributed by atoms with van der Waals surface area (Å²) in [6.45, 7) is 0. The quantitative estimate of drug-likeness (QED) is 0.764. The summed E-state index contributed by atoms with van der Waals surface area (Å²) in [6, 6.07) is 7.60. The van der Waals surface area contributed by atoms with E-state index < -0.39 is 0 Å². The summed E-state index contributed by atoms with van der Waals surface area (Å²) < 4.78 is 0.914. The van der Waals surface area contributed by atoms with Crippen molar-refractivity contribution in [1.29, 1.82) is 0 Å². The molecular formula is C9H4BrClNS. The van der Waals surface area contributed by atoms with Crippen LogP contribution >= 0.6 is 38.9 Å². The third kappa shape index (κ3) is 2.10. The van der Waals surface area contributed by atoms with Crippen molar-refractivity contribution >= 4 is 38.9 Å². The fourth-order valence-corrected chi connectivity index (χ4v) is 2.22. The molecule has 13 heavy (non-hydrogen) atoms. The van der Waals surface area contributed by atoms with Gasteiger partial charge in [0.05, 0.1) is 3.79 Å². The van der Waals surface area contributed by atoms with E-state index >= 15 is 0 Å². The van der Waals surface area contributed by atoms with E-state index in [0.717, 1.165) is 19.4 Å². The third-order valence-electron chi connectivity index (χ3n) is 1.52. The van der Waals surface area contributed by atoms with Crippen molar-refractivity contribution in [2.24, 2.45) is 0 Å². The van der Waals surface area contributed by atoms with Crippen LogP contribution in [-0.2, 0) is 0 Å². The van der Waals surface area contributed by atoms with Crippen LogP contribution < -0.4 is 0 Å². The zero-order chi connectivity index (χ0) is 9.26. The van der Waals surface area contributed by atoms with E-state index in [1.807, 2.05) is 24.3 Å². The van der Waals surface area contributed by atoms with Gasteiger partial charge in [0.25, 0.3) is 0 Å². The predicted molar refractivity (Wildman–Crippen MR) is 59.1 cm³/mol. The largest absolute Gasteiger partial charge is 0.233 e. The zero-order valence-corrected chi connectivity index (χ0v) is 9.58. The molecule has 0 aliphatic carbocycles. The summed E-state index contributed by atoms with van der Waals surface area (Å²) in [5.41, 5.74) is 1.07. The van der Waals surface area contributed by atoms with Crippen molar-refractivity contribution in [3.05, 3.63) is 39.3 Å². The second-order valence-corrected chi connectivity index (χ2v) is 5.16. The minimum absolute atomic E-state index is 0.739. The first kappa shape index (κ1) is 9.19. The molecule has 0 aliphatic heterocycles. The van der Waals surface area contributed by atoms with E-state index in [-0.39, 0.29) is 0 Å². The Labute approximate surface area is 93.5 Å². The summed E-state index contributed by atoms with van der Waals surface area (Å²) >= 11 is 10.6. The Balaban J connectivity index is 2.41. The summed E-state index contributed by atoms with van der Waals surface area (Å²) in [5, 5.41) is 1.69. The van der Waals surface area contributed by atoms with Crippen molar-refractivity contribution < 1.29 is 0 Å². The van der Waals surface area contributed by atoms with E-state index in [1.165, 1.54) is 0 Å².